The average molecular weight is 474 g/mol. The van der Waals surface area contributed by atoms with Gasteiger partial charge in [-0.05, 0) is 31.2 Å². The molecule has 0 aliphatic carbocycles. The molecule has 1 atom stereocenters. The van der Waals surface area contributed by atoms with Crippen LogP contribution in [0.2, 0.25) is 0 Å². The third-order valence-corrected chi connectivity index (χ3v) is 4.36. The van der Waals surface area contributed by atoms with Gasteiger partial charge < -0.3 is 15.4 Å². The zero-order valence-electron chi connectivity index (χ0n) is 16.2. The fourth-order valence-corrected chi connectivity index (χ4v) is 3.02. The molecule has 0 radical (unpaired) electrons. The number of nitrogens with one attached hydrogen (secondary N) is 2. The average Bonchev–Trinajstić information content (AvgIpc) is 2.65. The Kier molecular flexibility index (Phi) is 12.7. The topological polar surface area (TPSA) is 48.9 Å². The minimum absolute atomic E-state index is 0. The number of ether oxygens (including phenoxy) is 1. The van der Waals surface area contributed by atoms with Crippen molar-refractivity contribution < 1.29 is 4.74 Å². The van der Waals surface area contributed by atoms with Crippen LogP contribution in [0.15, 0.2) is 35.3 Å². The SMILES string of the molecule is CCNC(=NCC(C)CN1CCOCC1)NCCCc1ccccc1.I. The molecule has 1 unspecified atom stereocenters. The number of rotatable bonds is 9. The summed E-state index contributed by atoms with van der Waals surface area (Å²) in [6.07, 6.45) is 2.21. The van der Waals surface area contributed by atoms with Gasteiger partial charge in [0.15, 0.2) is 5.96 Å². The Labute approximate surface area is 176 Å². The van der Waals surface area contributed by atoms with E-state index in [2.05, 4.69) is 59.7 Å². The molecule has 1 aromatic carbocycles. The lowest BCUT2D eigenvalue weighted by Crippen LogP contribution is -2.40. The molecule has 2 N–H and O–H groups in total. The minimum atomic E-state index is 0. The molecule has 26 heavy (non-hydrogen) atoms. The highest BCUT2D eigenvalue weighted by molar-refractivity contribution is 14.0. The predicted octanol–water partition coefficient (Wildman–Crippen LogP) is 2.76. The molecule has 2 rings (SSSR count). The summed E-state index contributed by atoms with van der Waals surface area (Å²) in [5, 5.41) is 6.80. The second-order valence-electron chi connectivity index (χ2n) is 6.75. The predicted molar refractivity (Wildman–Crippen MR) is 121 cm³/mol. The lowest BCUT2D eigenvalue weighted by molar-refractivity contribution is 0.0323. The van der Waals surface area contributed by atoms with Gasteiger partial charge in [-0.1, -0.05) is 37.3 Å². The number of halogens is 1. The van der Waals surface area contributed by atoms with E-state index in [0.717, 1.165) is 71.3 Å². The molecule has 1 aliphatic heterocycles. The Morgan fingerprint density at radius 3 is 2.62 bits per heavy atom. The summed E-state index contributed by atoms with van der Waals surface area (Å²) in [4.78, 5) is 7.24. The third-order valence-electron chi connectivity index (χ3n) is 4.36. The zero-order valence-corrected chi connectivity index (χ0v) is 18.6. The van der Waals surface area contributed by atoms with Gasteiger partial charge in [-0.25, -0.2) is 0 Å². The fraction of sp³-hybridized carbons (Fsp3) is 0.650. The maximum atomic E-state index is 5.41. The van der Waals surface area contributed by atoms with E-state index in [0.29, 0.717) is 5.92 Å². The Balaban J connectivity index is 0.00000338. The highest BCUT2D eigenvalue weighted by Gasteiger charge is 2.13. The summed E-state index contributed by atoms with van der Waals surface area (Å²) in [5.74, 6) is 1.49. The summed E-state index contributed by atoms with van der Waals surface area (Å²) in [6.45, 7) is 12.0. The number of guanidine groups is 1. The molecule has 0 aromatic heterocycles. The minimum Gasteiger partial charge on any atom is -0.379 e. The van der Waals surface area contributed by atoms with Gasteiger partial charge in [0.2, 0.25) is 0 Å². The summed E-state index contributed by atoms with van der Waals surface area (Å²) in [5.41, 5.74) is 1.39. The molecule has 6 heteroatoms. The summed E-state index contributed by atoms with van der Waals surface area (Å²) >= 11 is 0. The number of nitrogens with zero attached hydrogens (tertiary/aromatic N) is 2. The van der Waals surface area contributed by atoms with E-state index in [1.54, 1.807) is 0 Å². The summed E-state index contributed by atoms with van der Waals surface area (Å²) in [6, 6.07) is 10.6. The lowest BCUT2D eigenvalue weighted by Gasteiger charge is -2.28. The monoisotopic (exact) mass is 474 g/mol. The largest absolute Gasteiger partial charge is 0.379 e. The highest BCUT2D eigenvalue weighted by Crippen LogP contribution is 2.04. The van der Waals surface area contributed by atoms with Crippen molar-refractivity contribution in [2.24, 2.45) is 10.9 Å². The van der Waals surface area contributed by atoms with E-state index >= 15 is 0 Å². The van der Waals surface area contributed by atoms with Crippen LogP contribution < -0.4 is 10.6 Å². The van der Waals surface area contributed by atoms with Crippen molar-refractivity contribution in [2.75, 3.05) is 52.5 Å². The molecule has 1 fully saturated rings. The molecule has 0 spiro atoms. The van der Waals surface area contributed by atoms with Crippen molar-refractivity contribution >= 4 is 29.9 Å². The molecule has 148 valence electrons. The maximum absolute atomic E-state index is 5.41. The van der Waals surface area contributed by atoms with Crippen LogP contribution in [0.25, 0.3) is 0 Å². The van der Waals surface area contributed by atoms with Crippen molar-refractivity contribution in [3.63, 3.8) is 0 Å². The summed E-state index contributed by atoms with van der Waals surface area (Å²) < 4.78 is 5.41. The first-order valence-electron chi connectivity index (χ1n) is 9.64. The van der Waals surface area contributed by atoms with Gasteiger partial charge in [0.25, 0.3) is 0 Å². The molecule has 0 bridgehead atoms. The standard InChI is InChI=1S/C20H34N4O.HI/c1-3-21-20(22-11-7-10-19-8-5-4-6-9-19)23-16-18(2)17-24-12-14-25-15-13-24;/h4-6,8-9,18H,3,7,10-17H2,1-2H3,(H2,21,22,23);1H. The van der Waals surface area contributed by atoms with Gasteiger partial charge >= 0.3 is 0 Å². The first kappa shape index (κ1) is 23.2. The molecule has 0 saturated carbocycles. The van der Waals surface area contributed by atoms with E-state index in [1.165, 1.54) is 5.56 Å². The van der Waals surface area contributed by atoms with E-state index in [4.69, 9.17) is 9.73 Å². The van der Waals surface area contributed by atoms with Crippen LogP contribution in [0.5, 0.6) is 0 Å². The van der Waals surface area contributed by atoms with Gasteiger partial charge in [0.1, 0.15) is 0 Å². The van der Waals surface area contributed by atoms with Gasteiger partial charge in [-0.15, -0.1) is 24.0 Å². The lowest BCUT2D eigenvalue weighted by atomic mass is 10.1. The molecule has 1 heterocycles. The molecule has 1 aliphatic rings. The number of morpholine rings is 1. The zero-order chi connectivity index (χ0) is 17.7. The maximum Gasteiger partial charge on any atom is 0.191 e. The van der Waals surface area contributed by atoms with Crippen molar-refractivity contribution in [3.8, 4) is 0 Å². The van der Waals surface area contributed by atoms with Crippen LogP contribution in [0.1, 0.15) is 25.8 Å². The van der Waals surface area contributed by atoms with E-state index in [9.17, 15) is 0 Å². The van der Waals surface area contributed by atoms with Crippen molar-refractivity contribution in [1.29, 1.82) is 0 Å². The van der Waals surface area contributed by atoms with Crippen LogP contribution in [0.4, 0.5) is 0 Å². The first-order chi connectivity index (χ1) is 12.3. The Bertz CT molecular complexity index is 492. The number of hydrogen-bond acceptors (Lipinski definition) is 3. The van der Waals surface area contributed by atoms with Crippen molar-refractivity contribution in [2.45, 2.75) is 26.7 Å². The van der Waals surface area contributed by atoms with Crippen LogP contribution in [-0.2, 0) is 11.2 Å². The quantitative estimate of drug-likeness (QED) is 0.250. The number of aryl methyl sites for hydroxylation is 1. The van der Waals surface area contributed by atoms with E-state index < -0.39 is 0 Å². The first-order valence-corrected chi connectivity index (χ1v) is 9.64. The van der Waals surface area contributed by atoms with E-state index in [-0.39, 0.29) is 24.0 Å². The third kappa shape index (κ3) is 9.73. The molecular formula is C20H35IN4O. The van der Waals surface area contributed by atoms with Gasteiger partial charge in [0.05, 0.1) is 13.2 Å². The summed E-state index contributed by atoms with van der Waals surface area (Å²) in [7, 11) is 0. The normalized spacial score (nSPS) is 16.6. The molecule has 1 aromatic rings. The number of hydrogen-bond donors (Lipinski definition) is 2. The second kappa shape index (κ2) is 14.2. The number of benzene rings is 1. The van der Waals surface area contributed by atoms with Gasteiger partial charge in [-0.3, -0.25) is 9.89 Å². The smallest absolute Gasteiger partial charge is 0.191 e. The molecular weight excluding hydrogens is 439 g/mol. The van der Waals surface area contributed by atoms with Crippen LogP contribution in [0.3, 0.4) is 0 Å². The second-order valence-corrected chi connectivity index (χ2v) is 6.75. The van der Waals surface area contributed by atoms with Crippen molar-refractivity contribution in [1.82, 2.24) is 15.5 Å². The van der Waals surface area contributed by atoms with Crippen LogP contribution in [-0.4, -0.2) is 63.3 Å². The van der Waals surface area contributed by atoms with Crippen LogP contribution >= 0.6 is 24.0 Å². The Morgan fingerprint density at radius 1 is 1.19 bits per heavy atom. The Morgan fingerprint density at radius 2 is 1.92 bits per heavy atom. The van der Waals surface area contributed by atoms with Gasteiger partial charge in [0, 0.05) is 39.3 Å². The molecule has 5 nitrogen and oxygen atoms in total. The fourth-order valence-electron chi connectivity index (χ4n) is 3.02. The van der Waals surface area contributed by atoms with Gasteiger partial charge in [-0.2, -0.15) is 0 Å². The highest BCUT2D eigenvalue weighted by atomic mass is 127. The van der Waals surface area contributed by atoms with Crippen molar-refractivity contribution in [3.05, 3.63) is 35.9 Å². The Hall–Kier alpha value is -0.860. The van der Waals surface area contributed by atoms with Crippen LogP contribution in [0, 0.1) is 5.92 Å². The van der Waals surface area contributed by atoms with E-state index in [1.807, 2.05) is 0 Å². The molecule has 0 amide bonds. The number of aliphatic imine (C=N–C) groups is 1. The molecule has 1 saturated heterocycles.